The van der Waals surface area contributed by atoms with Gasteiger partial charge in [0.2, 0.25) is 0 Å². The molecule has 1 amide bonds. The third-order valence-corrected chi connectivity index (χ3v) is 4.41. The molecule has 0 aliphatic carbocycles. The lowest BCUT2D eigenvalue weighted by molar-refractivity contribution is -0.384. The van der Waals surface area contributed by atoms with E-state index in [2.05, 4.69) is 5.32 Å². The molecule has 0 aliphatic rings. The lowest BCUT2D eigenvalue weighted by Crippen LogP contribution is -2.21. The summed E-state index contributed by atoms with van der Waals surface area (Å²) in [7, 11) is 1.42. The number of hydrogen-bond donors (Lipinski definition) is 1. The number of nitrogens with one attached hydrogen (secondary N) is 1. The van der Waals surface area contributed by atoms with E-state index in [0.717, 1.165) is 23.8 Å². The molecule has 0 atom stereocenters. The van der Waals surface area contributed by atoms with Crippen LogP contribution in [0.2, 0.25) is 0 Å². The second-order valence-electron chi connectivity index (χ2n) is 6.69. The summed E-state index contributed by atoms with van der Waals surface area (Å²) in [4.78, 5) is 34.4. The predicted molar refractivity (Wildman–Crippen MR) is 116 cm³/mol. The highest BCUT2D eigenvalue weighted by Crippen LogP contribution is 2.29. The van der Waals surface area contributed by atoms with Gasteiger partial charge in [0.15, 0.2) is 18.1 Å². The Morgan fingerprint density at radius 2 is 1.79 bits per heavy atom. The minimum Gasteiger partial charge on any atom is -0.493 e. The molecule has 0 bridgehead atoms. The summed E-state index contributed by atoms with van der Waals surface area (Å²) < 4.78 is 29.7. The van der Waals surface area contributed by atoms with Crippen molar-refractivity contribution in [2.24, 2.45) is 0 Å². The van der Waals surface area contributed by atoms with Crippen LogP contribution in [0.4, 0.5) is 15.8 Å². The van der Waals surface area contributed by atoms with Gasteiger partial charge in [0.1, 0.15) is 12.4 Å². The molecule has 3 rings (SSSR count). The number of benzene rings is 3. The number of carbonyl (C=O) groups is 2. The van der Waals surface area contributed by atoms with Crippen LogP contribution in [-0.4, -0.2) is 30.5 Å². The molecule has 0 saturated carbocycles. The number of ether oxygens (including phenoxy) is 3. The fraction of sp³-hybridized carbons (Fsp3) is 0.130. The Hall–Kier alpha value is -4.47. The molecular weight excluding hydrogens is 435 g/mol. The van der Waals surface area contributed by atoms with Crippen molar-refractivity contribution in [1.29, 1.82) is 0 Å². The molecule has 0 heterocycles. The van der Waals surface area contributed by atoms with Crippen molar-refractivity contribution in [2.45, 2.75) is 6.61 Å². The minimum atomic E-state index is -0.865. The summed E-state index contributed by atoms with van der Waals surface area (Å²) in [5, 5.41) is 12.9. The van der Waals surface area contributed by atoms with Crippen molar-refractivity contribution >= 4 is 23.3 Å². The highest BCUT2D eigenvalue weighted by molar-refractivity contribution is 5.96. The zero-order valence-corrected chi connectivity index (χ0v) is 17.4. The summed E-state index contributed by atoms with van der Waals surface area (Å²) in [6.45, 7) is -0.426. The van der Waals surface area contributed by atoms with Crippen molar-refractivity contribution < 1.29 is 33.1 Å². The van der Waals surface area contributed by atoms with Gasteiger partial charge in [0.25, 0.3) is 11.6 Å². The topological polar surface area (TPSA) is 117 Å². The van der Waals surface area contributed by atoms with Crippen LogP contribution in [0.1, 0.15) is 15.9 Å². The molecule has 10 heteroatoms. The summed E-state index contributed by atoms with van der Waals surface area (Å²) in [6, 6.07) is 16.6. The van der Waals surface area contributed by atoms with Gasteiger partial charge in [-0.15, -0.1) is 0 Å². The van der Waals surface area contributed by atoms with Crippen molar-refractivity contribution in [2.75, 3.05) is 19.0 Å². The van der Waals surface area contributed by atoms with Crippen LogP contribution in [0.15, 0.2) is 66.7 Å². The van der Waals surface area contributed by atoms with Crippen LogP contribution in [0.25, 0.3) is 0 Å². The monoisotopic (exact) mass is 454 g/mol. The normalized spacial score (nSPS) is 10.2. The molecular formula is C23H19FN2O7. The molecule has 1 N–H and O–H groups in total. The van der Waals surface area contributed by atoms with Crippen LogP contribution in [0, 0.1) is 15.9 Å². The minimum absolute atomic E-state index is 0.105. The van der Waals surface area contributed by atoms with Crippen molar-refractivity contribution in [3.63, 3.8) is 0 Å². The van der Waals surface area contributed by atoms with E-state index in [1.54, 1.807) is 0 Å². The maximum absolute atomic E-state index is 13.8. The zero-order chi connectivity index (χ0) is 23.8. The van der Waals surface area contributed by atoms with Gasteiger partial charge >= 0.3 is 5.97 Å². The Bertz CT molecular complexity index is 1170. The van der Waals surface area contributed by atoms with Crippen molar-refractivity contribution in [3.8, 4) is 11.5 Å². The average Bonchev–Trinajstić information content (AvgIpc) is 2.83. The van der Waals surface area contributed by atoms with E-state index in [9.17, 15) is 24.1 Å². The molecule has 0 spiro atoms. The molecule has 33 heavy (non-hydrogen) atoms. The summed E-state index contributed by atoms with van der Waals surface area (Å²) in [5.74, 6) is -1.84. The van der Waals surface area contributed by atoms with Gasteiger partial charge in [-0.3, -0.25) is 14.9 Å². The summed E-state index contributed by atoms with van der Waals surface area (Å²) in [6.07, 6.45) is 0. The summed E-state index contributed by atoms with van der Waals surface area (Å²) in [5.41, 5.74) is 0.264. The van der Waals surface area contributed by atoms with Gasteiger partial charge in [-0.05, 0) is 29.8 Å². The molecule has 0 aliphatic heterocycles. The van der Waals surface area contributed by atoms with Crippen molar-refractivity contribution in [1.82, 2.24) is 0 Å². The van der Waals surface area contributed by atoms with E-state index in [1.807, 2.05) is 30.3 Å². The van der Waals surface area contributed by atoms with E-state index in [0.29, 0.717) is 18.1 Å². The number of halogens is 1. The number of amides is 1. The fourth-order valence-corrected chi connectivity index (χ4v) is 2.77. The quantitative estimate of drug-likeness (QED) is 0.294. The number of nitro benzene ring substituents is 1. The predicted octanol–water partition coefficient (Wildman–Crippen LogP) is 4.12. The van der Waals surface area contributed by atoms with Gasteiger partial charge in [0.05, 0.1) is 23.3 Å². The smallest absolute Gasteiger partial charge is 0.338 e. The fourth-order valence-electron chi connectivity index (χ4n) is 2.77. The van der Waals surface area contributed by atoms with Gasteiger partial charge in [-0.25, -0.2) is 9.18 Å². The largest absolute Gasteiger partial charge is 0.493 e. The SMILES string of the molecule is COc1cc(C(=O)OCC(=O)Nc2cc([N+](=O)[O-])ccc2F)ccc1OCc1ccccc1. The molecule has 3 aromatic carbocycles. The van der Waals surface area contributed by atoms with E-state index >= 15 is 0 Å². The highest BCUT2D eigenvalue weighted by atomic mass is 19.1. The number of carbonyl (C=O) groups excluding carboxylic acids is 2. The molecule has 9 nitrogen and oxygen atoms in total. The van der Waals surface area contributed by atoms with E-state index < -0.39 is 40.6 Å². The number of hydrogen-bond acceptors (Lipinski definition) is 7. The van der Waals surface area contributed by atoms with Gasteiger partial charge in [-0.2, -0.15) is 0 Å². The van der Waals surface area contributed by atoms with Crippen molar-refractivity contribution in [3.05, 3.63) is 93.8 Å². The number of rotatable bonds is 9. The number of nitro groups is 1. The lowest BCUT2D eigenvalue weighted by atomic mass is 10.2. The number of methoxy groups -OCH3 is 1. The molecule has 170 valence electrons. The Morgan fingerprint density at radius 1 is 1.03 bits per heavy atom. The molecule has 0 saturated heterocycles. The first-order valence-electron chi connectivity index (χ1n) is 9.63. The van der Waals surface area contributed by atoms with E-state index in [1.165, 1.54) is 25.3 Å². The number of nitrogens with zero attached hydrogens (tertiary/aromatic N) is 1. The van der Waals surface area contributed by atoms with Gasteiger partial charge < -0.3 is 19.5 Å². The van der Waals surface area contributed by atoms with Gasteiger partial charge in [-0.1, -0.05) is 30.3 Å². The lowest BCUT2D eigenvalue weighted by Gasteiger charge is -2.12. The maximum Gasteiger partial charge on any atom is 0.338 e. The van der Waals surface area contributed by atoms with Crippen LogP contribution in [-0.2, 0) is 16.1 Å². The summed E-state index contributed by atoms with van der Waals surface area (Å²) >= 11 is 0. The van der Waals surface area contributed by atoms with Gasteiger partial charge in [0, 0.05) is 12.1 Å². The standard InChI is InChI=1S/C23H19FN2O7/c1-31-21-11-16(7-10-20(21)32-13-15-5-3-2-4-6-15)23(28)33-14-22(27)25-19-12-17(26(29)30)8-9-18(19)24/h2-12H,13-14H2,1H3,(H,25,27). The molecule has 0 unspecified atom stereocenters. The first kappa shape index (κ1) is 23.2. The van der Waals surface area contributed by atoms with Crippen LogP contribution in [0.3, 0.4) is 0 Å². The Morgan fingerprint density at radius 3 is 2.48 bits per heavy atom. The maximum atomic E-state index is 13.8. The molecule has 0 fully saturated rings. The number of anilines is 1. The Kier molecular flexibility index (Phi) is 7.53. The number of esters is 1. The van der Waals surface area contributed by atoms with Crippen LogP contribution in [0.5, 0.6) is 11.5 Å². The zero-order valence-electron chi connectivity index (χ0n) is 17.4. The second-order valence-corrected chi connectivity index (χ2v) is 6.69. The van der Waals surface area contributed by atoms with Crippen LogP contribution < -0.4 is 14.8 Å². The molecule has 0 radical (unpaired) electrons. The third kappa shape index (κ3) is 6.26. The highest BCUT2D eigenvalue weighted by Gasteiger charge is 2.16. The Balaban J connectivity index is 1.59. The molecule has 0 aromatic heterocycles. The first-order chi connectivity index (χ1) is 15.9. The third-order valence-electron chi connectivity index (χ3n) is 4.41. The number of non-ortho nitro benzene ring substituents is 1. The Labute approximate surface area is 187 Å². The van der Waals surface area contributed by atoms with E-state index in [4.69, 9.17) is 14.2 Å². The van der Waals surface area contributed by atoms with E-state index in [-0.39, 0.29) is 5.56 Å². The van der Waals surface area contributed by atoms with Crippen LogP contribution >= 0.6 is 0 Å². The average molecular weight is 454 g/mol. The second kappa shape index (κ2) is 10.7. The first-order valence-corrected chi connectivity index (χ1v) is 9.63. The molecule has 3 aromatic rings.